The summed E-state index contributed by atoms with van der Waals surface area (Å²) in [5, 5.41) is 3.45. The number of allylic oxidation sites excluding steroid dienone is 1. The Bertz CT molecular complexity index is 374. The molecule has 3 saturated heterocycles. The predicted molar refractivity (Wildman–Crippen MR) is 99.1 cm³/mol. The van der Waals surface area contributed by atoms with Gasteiger partial charge in [0, 0.05) is 58.9 Å². The topological polar surface area (TPSA) is 34.1 Å². The standard InChI is InChI=1S/C18H35N5/c1-4-6-7-8-9-10-21(3)18(19-5-2)20-15-17-16-22-11-13-23(17)14-12-22/h4,17H,1,5-16H2,2-3H3,(H,19,20). The van der Waals surface area contributed by atoms with Gasteiger partial charge in [-0.3, -0.25) is 14.8 Å². The molecule has 1 N–H and O–H groups in total. The van der Waals surface area contributed by atoms with Crippen molar-refractivity contribution in [1.82, 2.24) is 20.0 Å². The van der Waals surface area contributed by atoms with E-state index in [1.807, 2.05) is 6.08 Å². The third-order valence-corrected chi connectivity index (χ3v) is 4.94. The van der Waals surface area contributed by atoms with Crippen LogP contribution in [0.2, 0.25) is 0 Å². The Balaban J connectivity index is 1.78. The second-order valence-electron chi connectivity index (χ2n) is 6.74. The van der Waals surface area contributed by atoms with E-state index in [1.165, 1.54) is 52.0 Å². The van der Waals surface area contributed by atoms with Gasteiger partial charge in [0.15, 0.2) is 5.96 Å². The smallest absolute Gasteiger partial charge is 0.193 e. The Morgan fingerprint density at radius 2 is 2.04 bits per heavy atom. The fourth-order valence-electron chi connectivity index (χ4n) is 3.48. The summed E-state index contributed by atoms with van der Waals surface area (Å²) in [4.78, 5) is 12.4. The number of hydrogen-bond acceptors (Lipinski definition) is 3. The minimum Gasteiger partial charge on any atom is -0.357 e. The fraction of sp³-hybridized carbons (Fsp3) is 0.833. The molecule has 1 unspecified atom stereocenters. The van der Waals surface area contributed by atoms with Gasteiger partial charge in [-0.15, -0.1) is 6.58 Å². The van der Waals surface area contributed by atoms with E-state index < -0.39 is 0 Å². The highest BCUT2D eigenvalue weighted by molar-refractivity contribution is 5.79. The second kappa shape index (κ2) is 9.93. The fourth-order valence-corrected chi connectivity index (χ4v) is 3.48. The normalized spacial score (nSPS) is 27.0. The maximum Gasteiger partial charge on any atom is 0.193 e. The lowest BCUT2D eigenvalue weighted by Crippen LogP contribution is -2.62. The van der Waals surface area contributed by atoms with Crippen molar-refractivity contribution < 1.29 is 0 Å². The first-order chi connectivity index (χ1) is 11.2. The largest absolute Gasteiger partial charge is 0.357 e. The van der Waals surface area contributed by atoms with Crippen molar-refractivity contribution in [2.75, 3.05) is 59.4 Å². The lowest BCUT2D eigenvalue weighted by Gasteiger charge is -2.47. The van der Waals surface area contributed by atoms with Crippen molar-refractivity contribution in [3.63, 3.8) is 0 Å². The molecule has 3 fully saturated rings. The first-order valence-electron chi connectivity index (χ1n) is 9.31. The summed E-state index contributed by atoms with van der Waals surface area (Å²) in [5.74, 6) is 1.06. The van der Waals surface area contributed by atoms with E-state index in [0.29, 0.717) is 6.04 Å². The van der Waals surface area contributed by atoms with Gasteiger partial charge in [-0.2, -0.15) is 0 Å². The van der Waals surface area contributed by atoms with Crippen molar-refractivity contribution in [2.24, 2.45) is 4.99 Å². The molecule has 3 heterocycles. The second-order valence-corrected chi connectivity index (χ2v) is 6.74. The Kier molecular flexibility index (Phi) is 7.89. The van der Waals surface area contributed by atoms with Crippen LogP contribution >= 0.6 is 0 Å². The van der Waals surface area contributed by atoms with E-state index in [9.17, 15) is 0 Å². The maximum atomic E-state index is 4.92. The van der Waals surface area contributed by atoms with Crippen molar-refractivity contribution in [1.29, 1.82) is 0 Å². The van der Waals surface area contributed by atoms with Gasteiger partial charge in [-0.1, -0.05) is 12.5 Å². The summed E-state index contributed by atoms with van der Waals surface area (Å²) in [5.41, 5.74) is 0. The molecule has 23 heavy (non-hydrogen) atoms. The average molecular weight is 322 g/mol. The molecular weight excluding hydrogens is 286 g/mol. The van der Waals surface area contributed by atoms with Gasteiger partial charge in [0.1, 0.15) is 0 Å². The minimum atomic E-state index is 0.604. The molecule has 0 radical (unpaired) electrons. The Hall–Kier alpha value is -1.07. The van der Waals surface area contributed by atoms with Crippen molar-refractivity contribution in [2.45, 2.75) is 38.6 Å². The summed E-state index contributed by atoms with van der Waals surface area (Å²) in [6, 6.07) is 0.604. The number of aliphatic imine (C=N–C) groups is 1. The third-order valence-electron chi connectivity index (χ3n) is 4.94. The first-order valence-corrected chi connectivity index (χ1v) is 9.31. The monoisotopic (exact) mass is 321 g/mol. The highest BCUT2D eigenvalue weighted by Crippen LogP contribution is 2.15. The van der Waals surface area contributed by atoms with Crippen LogP contribution in [0.15, 0.2) is 17.6 Å². The summed E-state index contributed by atoms with van der Waals surface area (Å²) in [6.45, 7) is 15.0. The van der Waals surface area contributed by atoms with Crippen molar-refractivity contribution in [3.05, 3.63) is 12.7 Å². The van der Waals surface area contributed by atoms with Crippen LogP contribution in [0.1, 0.15) is 32.6 Å². The Morgan fingerprint density at radius 3 is 2.65 bits per heavy atom. The molecular formula is C18H35N5. The van der Waals surface area contributed by atoms with Gasteiger partial charge in [-0.05, 0) is 26.2 Å². The molecule has 0 saturated carbocycles. The van der Waals surface area contributed by atoms with Crippen LogP contribution in [0, 0.1) is 0 Å². The first kappa shape index (κ1) is 18.3. The molecule has 3 aliphatic heterocycles. The summed E-state index contributed by atoms with van der Waals surface area (Å²) in [7, 11) is 2.16. The number of fused-ring (bicyclic) bond motifs is 3. The average Bonchev–Trinajstić information content (AvgIpc) is 2.59. The van der Waals surface area contributed by atoms with Crippen LogP contribution in [0.5, 0.6) is 0 Å². The zero-order chi connectivity index (χ0) is 16.5. The molecule has 0 spiro atoms. The lowest BCUT2D eigenvalue weighted by molar-refractivity contribution is 0.0173. The quantitative estimate of drug-likeness (QED) is 0.303. The molecule has 3 rings (SSSR count). The zero-order valence-corrected chi connectivity index (χ0v) is 15.1. The molecule has 0 aromatic carbocycles. The van der Waals surface area contributed by atoms with E-state index in [4.69, 9.17) is 4.99 Å². The predicted octanol–water partition coefficient (Wildman–Crippen LogP) is 1.63. The van der Waals surface area contributed by atoms with Crippen molar-refractivity contribution >= 4 is 5.96 Å². The maximum absolute atomic E-state index is 4.92. The molecule has 0 amide bonds. The van der Waals surface area contributed by atoms with Crippen LogP contribution in [-0.2, 0) is 0 Å². The number of rotatable bonds is 9. The van der Waals surface area contributed by atoms with Gasteiger partial charge in [0.25, 0.3) is 0 Å². The van der Waals surface area contributed by atoms with Gasteiger partial charge < -0.3 is 10.2 Å². The summed E-state index contributed by atoms with van der Waals surface area (Å²) < 4.78 is 0. The van der Waals surface area contributed by atoms with Gasteiger partial charge in [0.05, 0.1) is 6.54 Å². The van der Waals surface area contributed by atoms with E-state index in [1.54, 1.807) is 0 Å². The zero-order valence-electron chi connectivity index (χ0n) is 15.1. The number of unbranched alkanes of at least 4 members (excludes halogenated alkanes) is 3. The van der Waals surface area contributed by atoms with E-state index in [2.05, 4.69) is 40.6 Å². The highest BCUT2D eigenvalue weighted by atomic mass is 15.4. The number of piperazine rings is 3. The Labute approximate surface area is 142 Å². The van der Waals surface area contributed by atoms with Crippen molar-refractivity contribution in [3.8, 4) is 0 Å². The van der Waals surface area contributed by atoms with Crippen LogP contribution in [-0.4, -0.2) is 86.1 Å². The molecule has 132 valence electrons. The van der Waals surface area contributed by atoms with Crippen LogP contribution in [0.4, 0.5) is 0 Å². The number of hydrogen-bond donors (Lipinski definition) is 1. The molecule has 5 heteroatoms. The molecule has 0 aromatic heterocycles. The molecule has 1 atom stereocenters. The number of nitrogens with one attached hydrogen (secondary N) is 1. The van der Waals surface area contributed by atoms with E-state index >= 15 is 0 Å². The minimum absolute atomic E-state index is 0.604. The highest BCUT2D eigenvalue weighted by Gasteiger charge is 2.31. The SMILES string of the molecule is C=CCCCCCN(C)C(=NCC1CN2CCN1CC2)NCC. The number of nitrogens with zero attached hydrogens (tertiary/aromatic N) is 4. The summed E-state index contributed by atoms with van der Waals surface area (Å²) in [6.07, 6.45) is 6.88. The van der Waals surface area contributed by atoms with E-state index in [-0.39, 0.29) is 0 Å². The molecule has 3 aliphatic rings. The Morgan fingerprint density at radius 1 is 1.26 bits per heavy atom. The molecule has 0 aliphatic carbocycles. The lowest BCUT2D eigenvalue weighted by atomic mass is 10.1. The summed E-state index contributed by atoms with van der Waals surface area (Å²) >= 11 is 0. The van der Waals surface area contributed by atoms with Gasteiger partial charge in [0.2, 0.25) is 0 Å². The molecule has 2 bridgehead atoms. The molecule has 5 nitrogen and oxygen atoms in total. The molecule has 0 aromatic rings. The number of guanidine groups is 1. The van der Waals surface area contributed by atoms with Gasteiger partial charge in [-0.25, -0.2) is 0 Å². The third kappa shape index (κ3) is 5.81. The van der Waals surface area contributed by atoms with E-state index in [0.717, 1.165) is 32.0 Å². The van der Waals surface area contributed by atoms with Crippen LogP contribution in [0.25, 0.3) is 0 Å². The van der Waals surface area contributed by atoms with Gasteiger partial charge >= 0.3 is 0 Å². The van der Waals surface area contributed by atoms with Crippen LogP contribution < -0.4 is 5.32 Å². The van der Waals surface area contributed by atoms with Crippen LogP contribution in [0.3, 0.4) is 0 Å².